The Morgan fingerprint density at radius 2 is 1.58 bits per heavy atom. The van der Waals surface area contributed by atoms with E-state index in [1.807, 2.05) is 11.8 Å². The van der Waals surface area contributed by atoms with Crippen molar-refractivity contribution in [2.45, 2.75) is 134 Å². The van der Waals surface area contributed by atoms with Gasteiger partial charge in [-0.1, -0.05) is 96.8 Å². The molecule has 0 aromatic rings. The number of carboxylic acid groups (broad SMARTS) is 1. The molecule has 202 valence electrons. The van der Waals surface area contributed by atoms with Gasteiger partial charge in [0.05, 0.1) is 12.7 Å². The normalized spacial score (nSPS) is 17.4. The second kappa shape index (κ2) is 25.9. The van der Waals surface area contributed by atoms with Crippen LogP contribution >= 0.6 is 19.4 Å². The van der Waals surface area contributed by atoms with E-state index in [4.69, 9.17) is 4.74 Å². The quantitative estimate of drug-likeness (QED) is 0.108. The van der Waals surface area contributed by atoms with Crippen molar-refractivity contribution in [3.63, 3.8) is 0 Å². The number of ether oxygens (including phenoxy) is 1. The van der Waals surface area contributed by atoms with Crippen LogP contribution in [0.5, 0.6) is 0 Å². The molecule has 0 radical (unpaired) electrons. The maximum Gasteiger partial charge on any atom is 1.00 e. The molecule has 1 fully saturated rings. The molecule has 1 aliphatic rings. The van der Waals surface area contributed by atoms with Gasteiger partial charge in [0.15, 0.2) is 7.60 Å². The molecule has 1 rings (SSSR count). The molecule has 0 spiro atoms. The van der Waals surface area contributed by atoms with Gasteiger partial charge in [-0.2, -0.15) is 11.8 Å². The Labute approximate surface area is 269 Å². The molecule has 1 aliphatic carbocycles. The Kier molecular flexibility index (Phi) is 28.8. The van der Waals surface area contributed by atoms with E-state index in [1.54, 1.807) is 0 Å². The topological polar surface area (TPSA) is 98.7 Å². The van der Waals surface area contributed by atoms with E-state index in [2.05, 4.69) is 18.4 Å². The first-order valence-corrected chi connectivity index (χ1v) is 16.4. The van der Waals surface area contributed by atoms with Gasteiger partial charge in [0.1, 0.15) is 5.71 Å². The third kappa shape index (κ3) is 20.8. The second-order valence-corrected chi connectivity index (χ2v) is 12.8. The summed E-state index contributed by atoms with van der Waals surface area (Å²) < 4.78 is 21.5. The Balaban J connectivity index is 0. The summed E-state index contributed by atoms with van der Waals surface area (Å²) in [5.74, 6) is 2.15. The van der Waals surface area contributed by atoms with Crippen LogP contribution in [-0.2, 0) is 13.8 Å². The van der Waals surface area contributed by atoms with Crippen molar-refractivity contribution >= 4 is 25.1 Å². The van der Waals surface area contributed by atoms with Gasteiger partial charge in [-0.15, -0.1) is 0 Å². The van der Waals surface area contributed by atoms with Crippen LogP contribution in [0.4, 0.5) is 4.79 Å². The molecule has 1 saturated carbocycles. The molecule has 36 heavy (non-hydrogen) atoms. The Hall–Kier alpha value is 1.93. The summed E-state index contributed by atoms with van der Waals surface area (Å²) in [6.07, 6.45) is 21.8. The van der Waals surface area contributed by atoms with Gasteiger partial charge in [0, 0.05) is 11.9 Å². The maximum absolute atomic E-state index is 11.1. The number of rotatable bonds is 22. The average Bonchev–Trinajstić information content (AvgIpc) is 2.82. The summed E-state index contributed by atoms with van der Waals surface area (Å²) >= 11 is 2.01. The van der Waals surface area contributed by atoms with Gasteiger partial charge in [0.25, 0.3) is 0 Å². The molecule has 6 nitrogen and oxygen atoms in total. The molecule has 0 aliphatic heterocycles. The average molecular weight is 567 g/mol. The first-order chi connectivity index (χ1) is 16.4. The van der Waals surface area contributed by atoms with E-state index < -0.39 is 13.3 Å². The minimum Gasteiger partial charge on any atom is -0.774 e. The first kappa shape index (κ1) is 40.1. The molecule has 0 aromatic carbocycles. The van der Waals surface area contributed by atoms with Gasteiger partial charge in [-0.3, -0.25) is 0 Å². The number of hydrogen-bond donors (Lipinski definition) is 0. The largest absolute Gasteiger partial charge is 1.00 e. The van der Waals surface area contributed by atoms with Crippen LogP contribution in [0.15, 0.2) is 0 Å². The summed E-state index contributed by atoms with van der Waals surface area (Å²) in [4.78, 5) is 21.6. The number of carbonyl (C=O) groups excluding carboxylic acids is 1. The number of hydrogen-bond acceptors (Lipinski definition) is 7. The molecule has 0 amide bonds. The Morgan fingerprint density at radius 1 is 0.944 bits per heavy atom. The fourth-order valence-electron chi connectivity index (χ4n) is 4.67. The summed E-state index contributed by atoms with van der Waals surface area (Å²) in [6, 6.07) is 0. The van der Waals surface area contributed by atoms with E-state index in [0.29, 0.717) is 18.3 Å². The van der Waals surface area contributed by atoms with Crippen molar-refractivity contribution in [2.24, 2.45) is 5.92 Å². The molecular weight excluding hydrogens is 517 g/mol. The van der Waals surface area contributed by atoms with Crippen LogP contribution in [0, 0.1) is 5.92 Å². The SMILES string of the molecule is CCCCCCC[C@@H](SCCCCCCC1CCCCC1)[C@H](C)OCCCOP(=O)([O-])C(=O)[O-].[Na+].[Na+]. The van der Waals surface area contributed by atoms with Crippen molar-refractivity contribution in [2.75, 3.05) is 19.0 Å². The van der Waals surface area contributed by atoms with Crippen LogP contribution in [0.1, 0.15) is 123 Å². The van der Waals surface area contributed by atoms with Crippen LogP contribution < -0.4 is 69.1 Å². The van der Waals surface area contributed by atoms with E-state index in [0.717, 1.165) is 18.1 Å². The Morgan fingerprint density at radius 3 is 2.25 bits per heavy atom. The summed E-state index contributed by atoms with van der Waals surface area (Å²) in [6.45, 7) is 4.47. The molecule has 3 atom stereocenters. The van der Waals surface area contributed by atoms with Gasteiger partial charge >= 0.3 is 59.1 Å². The van der Waals surface area contributed by atoms with E-state index >= 15 is 0 Å². The predicted molar refractivity (Wildman–Crippen MR) is 138 cm³/mol. The van der Waals surface area contributed by atoms with Crippen LogP contribution in [0.3, 0.4) is 0 Å². The van der Waals surface area contributed by atoms with Crippen LogP contribution in [0.25, 0.3) is 0 Å². The minimum atomic E-state index is -4.91. The molecule has 0 bridgehead atoms. The number of thioether (sulfide) groups is 1. The van der Waals surface area contributed by atoms with Crippen molar-refractivity contribution < 1.29 is 87.7 Å². The van der Waals surface area contributed by atoms with Gasteiger partial charge in [-0.05, 0) is 37.9 Å². The third-order valence-corrected chi connectivity index (χ3v) is 9.37. The minimum absolute atomic E-state index is 0. The van der Waals surface area contributed by atoms with Crippen LogP contribution in [0.2, 0.25) is 0 Å². The number of unbranched alkanes of at least 4 members (excludes halogenated alkanes) is 7. The van der Waals surface area contributed by atoms with Crippen molar-refractivity contribution in [1.29, 1.82) is 0 Å². The molecule has 0 N–H and O–H groups in total. The van der Waals surface area contributed by atoms with Crippen molar-refractivity contribution in [3.8, 4) is 0 Å². The molecule has 0 heterocycles. The molecule has 0 saturated heterocycles. The second-order valence-electron chi connectivity index (χ2n) is 9.85. The summed E-state index contributed by atoms with van der Waals surface area (Å²) in [5, 5.41) is 10.9. The smallest absolute Gasteiger partial charge is 0.774 e. The maximum atomic E-state index is 11.1. The predicted octanol–water partition coefficient (Wildman–Crippen LogP) is 0.696. The van der Waals surface area contributed by atoms with Crippen LogP contribution in [-0.4, -0.2) is 36.0 Å². The third-order valence-electron chi connectivity index (χ3n) is 6.83. The molecule has 10 heteroatoms. The zero-order valence-electron chi connectivity index (χ0n) is 23.7. The fraction of sp³-hybridized carbons (Fsp3) is 0.962. The van der Waals surface area contributed by atoms with Crippen molar-refractivity contribution in [1.82, 2.24) is 0 Å². The fourth-order valence-corrected chi connectivity index (χ4v) is 6.51. The zero-order chi connectivity index (χ0) is 25.1. The summed E-state index contributed by atoms with van der Waals surface area (Å²) in [7, 11) is -4.91. The van der Waals surface area contributed by atoms with E-state index in [-0.39, 0.29) is 71.8 Å². The zero-order valence-corrected chi connectivity index (χ0v) is 29.4. The van der Waals surface area contributed by atoms with Gasteiger partial charge < -0.3 is 28.6 Å². The molecular formula is C26H49Na2O6PS. The standard InChI is InChI=1S/C26H51O6PS.2Na/c1-3-4-5-6-13-19-25(23(2)31-20-15-21-32-33(29,30)26(27)28)34-22-14-8-7-10-16-24-17-11-9-12-18-24;;/h23-25H,3-22H2,1-2H3,(H,27,28)(H,29,30);;/q;2*+1/p-2/t23-,25+;;/m0../s1. The molecule has 0 aromatic heterocycles. The number of carbonyl (C=O) groups is 1. The van der Waals surface area contributed by atoms with Gasteiger partial charge in [0.2, 0.25) is 0 Å². The van der Waals surface area contributed by atoms with Crippen molar-refractivity contribution in [3.05, 3.63) is 0 Å². The monoisotopic (exact) mass is 566 g/mol. The Bertz CT molecular complexity index is 567. The van der Waals surface area contributed by atoms with E-state index in [1.165, 1.54) is 96.3 Å². The first-order valence-electron chi connectivity index (χ1n) is 13.8. The van der Waals surface area contributed by atoms with E-state index in [9.17, 15) is 19.4 Å². The molecule has 1 unspecified atom stereocenters. The van der Waals surface area contributed by atoms with Gasteiger partial charge in [-0.25, -0.2) is 0 Å². The summed E-state index contributed by atoms with van der Waals surface area (Å²) in [5.41, 5.74) is -2.17.